The van der Waals surface area contributed by atoms with Crippen molar-refractivity contribution in [2.45, 2.75) is 24.3 Å². The van der Waals surface area contributed by atoms with E-state index in [0.29, 0.717) is 6.42 Å². The van der Waals surface area contributed by atoms with E-state index in [1.165, 1.54) is 2.71 Å². The summed E-state index contributed by atoms with van der Waals surface area (Å²) in [7, 11) is 0. The second kappa shape index (κ2) is 5.28. The first kappa shape index (κ1) is 14.0. The van der Waals surface area contributed by atoms with E-state index in [1.54, 1.807) is 6.92 Å². The third-order valence-electron chi connectivity index (χ3n) is 2.87. The van der Waals surface area contributed by atoms with Gasteiger partial charge in [-0.15, -0.1) is 0 Å². The maximum absolute atomic E-state index is 12.0. The van der Waals surface area contributed by atoms with Crippen molar-refractivity contribution in [1.29, 1.82) is 0 Å². The van der Waals surface area contributed by atoms with Crippen LogP contribution in [0.25, 0.3) is 0 Å². The first-order chi connectivity index (χ1) is 8.46. The average molecular weight is 502 g/mol. The van der Waals surface area contributed by atoms with E-state index in [9.17, 15) is 9.59 Å². The van der Waals surface area contributed by atoms with Crippen LogP contribution in [-0.2, 0) is 21.3 Å². The molecule has 1 aliphatic rings. The normalized spacial score (nSPS) is 23.3. The molecule has 1 aromatic rings. The molecule has 0 unspecified atom stereocenters. The number of benzene rings is 1. The summed E-state index contributed by atoms with van der Waals surface area (Å²) in [5.41, 5.74) is 1.09. The molecule has 18 heavy (non-hydrogen) atoms. The van der Waals surface area contributed by atoms with Gasteiger partial charge in [0, 0.05) is 0 Å². The first-order valence-electron chi connectivity index (χ1n) is 5.42. The molecule has 1 aliphatic heterocycles. The number of amides is 2. The van der Waals surface area contributed by atoms with Crippen molar-refractivity contribution in [3.63, 3.8) is 0 Å². The number of nitrogens with zero attached hydrogens (tertiary/aromatic N) is 1. The molecule has 0 radical (unpaired) electrons. The summed E-state index contributed by atoms with van der Waals surface area (Å²) in [5, 5.41) is 0.763. The van der Waals surface area contributed by atoms with Gasteiger partial charge in [0.15, 0.2) is 0 Å². The first-order valence-corrected chi connectivity index (χ1v) is 8.55. The van der Waals surface area contributed by atoms with Crippen LogP contribution in [0, 0.1) is 0 Å². The van der Waals surface area contributed by atoms with Crippen LogP contribution in [0.3, 0.4) is 0 Å². The molecule has 0 aliphatic carbocycles. The van der Waals surface area contributed by atoms with Crippen LogP contribution in [0.5, 0.6) is 0 Å². The summed E-state index contributed by atoms with van der Waals surface area (Å²) in [6.07, 6.45) is -0.0918. The van der Waals surface area contributed by atoms with Crippen LogP contribution < -0.4 is 0 Å². The fourth-order valence-corrected chi connectivity index (χ4v) is 3.56. The molecule has 0 bridgehead atoms. The zero-order valence-electron chi connectivity index (χ0n) is 9.85. The Morgan fingerprint density at radius 2 is 2.06 bits per heavy atom. The molecule has 1 heterocycles. The van der Waals surface area contributed by atoms with E-state index in [0.717, 1.165) is 16.5 Å². The van der Waals surface area contributed by atoms with Gasteiger partial charge in [0.2, 0.25) is 0 Å². The van der Waals surface area contributed by atoms with Gasteiger partial charge in [-0.25, -0.2) is 0 Å². The molecule has 0 saturated carbocycles. The monoisotopic (exact) mass is 501 g/mol. The van der Waals surface area contributed by atoms with Gasteiger partial charge in [0.05, 0.1) is 0 Å². The second-order valence-corrected chi connectivity index (χ2v) is 6.97. The molecule has 2 rings (SSSR count). The van der Waals surface area contributed by atoms with Crippen molar-refractivity contribution >= 4 is 54.0 Å². The molecule has 1 fully saturated rings. The molecule has 6 heteroatoms. The number of rotatable bonds is 3. The van der Waals surface area contributed by atoms with E-state index in [-0.39, 0.29) is 32.0 Å². The molecule has 2 amide bonds. The molecule has 0 N–H and O–H groups in total. The van der Waals surface area contributed by atoms with Crippen molar-refractivity contribution in [2.75, 3.05) is 0 Å². The van der Waals surface area contributed by atoms with Gasteiger partial charge in [-0.1, -0.05) is 0 Å². The van der Waals surface area contributed by atoms with E-state index in [4.69, 9.17) is 4.74 Å². The van der Waals surface area contributed by atoms with Crippen molar-refractivity contribution in [3.05, 3.63) is 35.4 Å². The number of hydrogen-bond donors (Lipinski definition) is 0. The number of cyclic esters (lactones) is 1. The molecule has 1 aromatic carbocycles. The van der Waals surface area contributed by atoms with Gasteiger partial charge in [-0.2, -0.15) is 0 Å². The molecular formula is C12H11BrNO3Tl. The van der Waals surface area contributed by atoms with E-state index in [2.05, 4.69) is 15.9 Å². The van der Waals surface area contributed by atoms with Gasteiger partial charge in [0.1, 0.15) is 0 Å². The Hall–Kier alpha value is -0.438. The standard InChI is InChI=1S/C12H12BrNO3.Tl/c1-12(10(15)14-11(16)17-12)6-8-3-2-4-9(5-8)7-13;/h2-5H,6-7H2,1H3,(H,14,15,16);/q;+1/p-1/t12-;/m1./s1. The SMILES string of the molecule is C[C@]1(Cc2cccc(CBr)c2)OC(=O)[N]([Tl])C1=O. The Balaban J connectivity index is 2.23. The van der Waals surface area contributed by atoms with Crippen LogP contribution in [0.15, 0.2) is 24.3 Å². The van der Waals surface area contributed by atoms with Crippen LogP contribution in [0.1, 0.15) is 18.1 Å². The molecule has 1 atom stereocenters. The summed E-state index contributed by atoms with van der Waals surface area (Å²) >= 11 is 3.54. The molecular weight excluding hydrogens is 490 g/mol. The van der Waals surface area contributed by atoms with Gasteiger partial charge < -0.3 is 0 Å². The van der Waals surface area contributed by atoms with Gasteiger partial charge in [-0.3, -0.25) is 0 Å². The summed E-state index contributed by atoms with van der Waals surface area (Å²) < 4.78 is 6.41. The third-order valence-corrected chi connectivity index (χ3v) is 5.25. The third kappa shape index (κ3) is 2.61. The second-order valence-electron chi connectivity index (χ2n) is 4.40. The predicted molar refractivity (Wildman–Crippen MR) is 70.3 cm³/mol. The Kier molecular flexibility index (Phi) is 4.10. The number of imide groups is 1. The summed E-state index contributed by atoms with van der Waals surface area (Å²) in [6.45, 7) is 1.68. The number of alkyl halides is 1. The molecule has 1 saturated heterocycles. The predicted octanol–water partition coefficient (Wildman–Crippen LogP) is 1.95. The molecule has 0 aromatic heterocycles. The molecule has 0 spiro atoms. The van der Waals surface area contributed by atoms with E-state index in [1.807, 2.05) is 24.3 Å². The number of halogens is 1. The van der Waals surface area contributed by atoms with E-state index < -0.39 is 11.7 Å². The zero-order chi connectivity index (χ0) is 13.3. The summed E-state index contributed by atoms with van der Waals surface area (Å²) in [4.78, 5) is 23.4. The quantitative estimate of drug-likeness (QED) is 0.470. The Morgan fingerprint density at radius 1 is 1.39 bits per heavy atom. The Labute approximate surface area is 130 Å². The fourth-order valence-electron chi connectivity index (χ4n) is 1.95. The number of ether oxygens (including phenoxy) is 1. The number of hydrogen-bond acceptors (Lipinski definition) is 3. The van der Waals surface area contributed by atoms with Crippen molar-refractivity contribution in [1.82, 2.24) is 2.71 Å². The molecule has 4 nitrogen and oxygen atoms in total. The Morgan fingerprint density at radius 3 is 2.61 bits per heavy atom. The summed E-state index contributed by atoms with van der Waals surface area (Å²) in [6, 6.07) is 7.90. The fraction of sp³-hybridized carbons (Fsp3) is 0.333. The van der Waals surface area contributed by atoms with Gasteiger partial charge in [0.25, 0.3) is 0 Å². The van der Waals surface area contributed by atoms with Crippen LogP contribution in [-0.4, -0.2) is 46.4 Å². The number of carbonyl (C=O) groups is 2. The number of carbonyl (C=O) groups excluding carboxylic acids is 2. The summed E-state index contributed by atoms with van der Waals surface area (Å²) in [5.74, 6) is -0.221. The van der Waals surface area contributed by atoms with Crippen LogP contribution in [0.2, 0.25) is 0 Å². The minimum absolute atomic E-state index is 0.144. The van der Waals surface area contributed by atoms with Crippen LogP contribution >= 0.6 is 15.9 Å². The van der Waals surface area contributed by atoms with Gasteiger partial charge >= 0.3 is 131 Å². The maximum atomic E-state index is 12.0. The average Bonchev–Trinajstić information content (AvgIpc) is 2.53. The van der Waals surface area contributed by atoms with Crippen molar-refractivity contribution in [3.8, 4) is 0 Å². The zero-order valence-corrected chi connectivity index (χ0v) is 15.9. The van der Waals surface area contributed by atoms with Gasteiger partial charge in [-0.05, 0) is 0 Å². The van der Waals surface area contributed by atoms with Crippen LogP contribution in [0.4, 0.5) is 4.79 Å². The minimum atomic E-state index is -1.04. The Bertz CT molecular complexity index is 508. The molecule has 92 valence electrons. The topological polar surface area (TPSA) is 46.6 Å². The van der Waals surface area contributed by atoms with Crippen molar-refractivity contribution in [2.24, 2.45) is 0 Å². The van der Waals surface area contributed by atoms with Crippen molar-refractivity contribution < 1.29 is 14.3 Å². The van der Waals surface area contributed by atoms with E-state index >= 15 is 0 Å².